The standard InChI is InChI=1S/C8H12F6O3S.C3H7N/c1-2-3-4-5-6(9,10)7(11,12)8(13,14)18(15,16)17;1-2-3-4/h2-5H2,1H3,(H,15,16,17);2H,1,3-4H2. The van der Waals surface area contributed by atoms with Crippen LogP contribution in [-0.4, -0.2) is 36.6 Å². The number of rotatable bonds is 8. The highest BCUT2D eigenvalue weighted by atomic mass is 32.2. The van der Waals surface area contributed by atoms with Crippen LogP contribution in [0.15, 0.2) is 12.7 Å². The van der Waals surface area contributed by atoms with Crippen molar-refractivity contribution in [2.75, 3.05) is 6.54 Å². The topological polar surface area (TPSA) is 80.4 Å². The Balaban J connectivity index is 0. The molecule has 0 aromatic carbocycles. The van der Waals surface area contributed by atoms with E-state index in [1.165, 1.54) is 0 Å². The van der Waals surface area contributed by atoms with Gasteiger partial charge in [0, 0.05) is 13.0 Å². The van der Waals surface area contributed by atoms with Crippen molar-refractivity contribution in [3.63, 3.8) is 0 Å². The second-order valence-electron chi connectivity index (χ2n) is 4.25. The minimum Gasteiger partial charge on any atom is -0.327 e. The van der Waals surface area contributed by atoms with Crippen molar-refractivity contribution in [3.8, 4) is 0 Å². The van der Waals surface area contributed by atoms with E-state index in [2.05, 4.69) is 6.58 Å². The van der Waals surface area contributed by atoms with Crippen molar-refractivity contribution < 1.29 is 39.3 Å². The molecular formula is C11H19F6NO3S. The van der Waals surface area contributed by atoms with Gasteiger partial charge in [-0.25, -0.2) is 0 Å². The summed E-state index contributed by atoms with van der Waals surface area (Å²) in [7, 11) is -6.64. The SMILES string of the molecule is C=CCN.CCCCCC(F)(F)C(F)(F)C(F)(F)S(=O)(=O)O. The third kappa shape index (κ3) is 5.76. The smallest absolute Gasteiger partial charge is 0.327 e. The Morgan fingerprint density at radius 2 is 1.55 bits per heavy atom. The lowest BCUT2D eigenvalue weighted by Gasteiger charge is -2.30. The van der Waals surface area contributed by atoms with Gasteiger partial charge in [0.15, 0.2) is 0 Å². The predicted molar refractivity (Wildman–Crippen MR) is 69.8 cm³/mol. The fourth-order valence-electron chi connectivity index (χ4n) is 1.13. The van der Waals surface area contributed by atoms with E-state index >= 15 is 0 Å². The average Bonchev–Trinajstić information content (AvgIpc) is 2.37. The monoisotopic (exact) mass is 359 g/mol. The minimum absolute atomic E-state index is 0.100. The second kappa shape index (κ2) is 8.73. The Labute approximate surface area is 125 Å². The Bertz CT molecular complexity index is 439. The molecule has 0 amide bonds. The molecule has 134 valence electrons. The number of halogens is 6. The number of hydrogen-bond acceptors (Lipinski definition) is 3. The maximum atomic E-state index is 12.9. The van der Waals surface area contributed by atoms with Crippen molar-refractivity contribution in [1.29, 1.82) is 0 Å². The van der Waals surface area contributed by atoms with E-state index in [1.54, 1.807) is 13.0 Å². The van der Waals surface area contributed by atoms with Crippen molar-refractivity contribution in [1.82, 2.24) is 0 Å². The van der Waals surface area contributed by atoms with Gasteiger partial charge >= 0.3 is 27.2 Å². The molecule has 0 saturated carbocycles. The van der Waals surface area contributed by atoms with Crippen LogP contribution in [0.3, 0.4) is 0 Å². The summed E-state index contributed by atoms with van der Waals surface area (Å²) in [4.78, 5) is 0. The molecule has 0 aliphatic carbocycles. The Morgan fingerprint density at radius 3 is 1.82 bits per heavy atom. The van der Waals surface area contributed by atoms with E-state index in [4.69, 9.17) is 10.3 Å². The first-order valence-corrected chi connectivity index (χ1v) is 7.58. The van der Waals surface area contributed by atoms with Crippen molar-refractivity contribution in [2.24, 2.45) is 5.73 Å². The molecule has 0 fully saturated rings. The van der Waals surface area contributed by atoms with E-state index in [0.717, 1.165) is 0 Å². The first kappa shape index (κ1) is 23.5. The molecule has 0 aliphatic heterocycles. The van der Waals surface area contributed by atoms with E-state index in [-0.39, 0.29) is 6.42 Å². The van der Waals surface area contributed by atoms with Crippen LogP contribution in [0.25, 0.3) is 0 Å². The highest BCUT2D eigenvalue weighted by Gasteiger charge is 2.76. The fourth-order valence-corrected chi connectivity index (χ4v) is 1.60. The summed E-state index contributed by atoms with van der Waals surface area (Å²) in [5.74, 6) is -11.4. The van der Waals surface area contributed by atoms with Crippen LogP contribution in [0.1, 0.15) is 32.6 Å². The third-order valence-corrected chi connectivity index (χ3v) is 3.31. The lowest BCUT2D eigenvalue weighted by molar-refractivity contribution is -0.282. The maximum Gasteiger partial charge on any atom is 0.437 e. The van der Waals surface area contributed by atoms with Gasteiger partial charge in [-0.2, -0.15) is 34.8 Å². The van der Waals surface area contributed by atoms with Crippen LogP contribution in [0.2, 0.25) is 0 Å². The first-order chi connectivity index (χ1) is 9.72. The Kier molecular flexibility index (Phi) is 9.30. The van der Waals surface area contributed by atoms with E-state index < -0.39 is 40.1 Å². The zero-order valence-electron chi connectivity index (χ0n) is 11.8. The van der Waals surface area contributed by atoms with Gasteiger partial charge in [-0.15, -0.1) is 6.58 Å². The largest absolute Gasteiger partial charge is 0.437 e. The number of unbranched alkanes of at least 4 members (excludes halogenated alkanes) is 2. The van der Waals surface area contributed by atoms with Gasteiger partial charge in [0.25, 0.3) is 0 Å². The molecule has 22 heavy (non-hydrogen) atoms. The van der Waals surface area contributed by atoms with Crippen LogP contribution < -0.4 is 5.73 Å². The second-order valence-corrected chi connectivity index (χ2v) is 5.72. The summed E-state index contributed by atoms with van der Waals surface area (Å²) in [6.07, 6.45) is 0.0685. The Hall–Kier alpha value is -0.810. The van der Waals surface area contributed by atoms with Gasteiger partial charge < -0.3 is 5.73 Å². The molecule has 0 aliphatic rings. The van der Waals surface area contributed by atoms with Crippen molar-refractivity contribution in [2.45, 2.75) is 49.7 Å². The molecule has 0 unspecified atom stereocenters. The van der Waals surface area contributed by atoms with Gasteiger partial charge in [0.1, 0.15) is 0 Å². The highest BCUT2D eigenvalue weighted by molar-refractivity contribution is 7.87. The highest BCUT2D eigenvalue weighted by Crippen LogP contribution is 2.49. The number of hydrogen-bond donors (Lipinski definition) is 2. The minimum atomic E-state index is -6.64. The normalized spacial score (nSPS) is 13.3. The summed E-state index contributed by atoms with van der Waals surface area (Å²) in [5, 5.41) is -6.24. The molecule has 0 aromatic heterocycles. The summed E-state index contributed by atoms with van der Waals surface area (Å²) in [6.45, 7) is 5.51. The Morgan fingerprint density at radius 1 is 1.14 bits per heavy atom. The predicted octanol–water partition coefficient (Wildman–Crippen LogP) is 3.45. The lowest BCUT2D eigenvalue weighted by Crippen LogP contribution is -2.57. The average molecular weight is 359 g/mol. The molecule has 0 bridgehead atoms. The van der Waals surface area contributed by atoms with Gasteiger partial charge in [0.2, 0.25) is 0 Å². The van der Waals surface area contributed by atoms with E-state index in [0.29, 0.717) is 13.0 Å². The molecule has 0 spiro atoms. The molecule has 3 N–H and O–H groups in total. The van der Waals surface area contributed by atoms with E-state index in [9.17, 15) is 34.8 Å². The number of alkyl halides is 6. The first-order valence-electron chi connectivity index (χ1n) is 6.14. The zero-order valence-corrected chi connectivity index (χ0v) is 12.7. The van der Waals surface area contributed by atoms with Crippen LogP contribution in [-0.2, 0) is 10.1 Å². The maximum absolute atomic E-state index is 12.9. The molecule has 0 aromatic rings. The number of nitrogens with two attached hydrogens (primary N) is 1. The molecule has 0 saturated heterocycles. The molecule has 0 rings (SSSR count). The molecule has 4 nitrogen and oxygen atoms in total. The molecule has 0 heterocycles. The third-order valence-electron chi connectivity index (χ3n) is 2.41. The van der Waals surface area contributed by atoms with Crippen LogP contribution in [0, 0.1) is 0 Å². The zero-order chi connectivity index (χ0) is 18.2. The van der Waals surface area contributed by atoms with Gasteiger partial charge in [-0.1, -0.05) is 25.8 Å². The summed E-state index contributed by atoms with van der Waals surface area (Å²) in [6, 6.07) is 0. The van der Waals surface area contributed by atoms with Gasteiger partial charge in [-0.3, -0.25) is 4.55 Å². The fraction of sp³-hybridized carbons (Fsp3) is 0.818. The summed E-state index contributed by atoms with van der Waals surface area (Å²) >= 11 is 0. The van der Waals surface area contributed by atoms with Crippen LogP contribution >= 0.6 is 0 Å². The van der Waals surface area contributed by atoms with Gasteiger partial charge in [0.05, 0.1) is 0 Å². The lowest BCUT2D eigenvalue weighted by atomic mass is 10.0. The summed E-state index contributed by atoms with van der Waals surface area (Å²) < 4.78 is 105. The molecule has 11 heteroatoms. The quantitative estimate of drug-likeness (QED) is 0.301. The molecular weight excluding hydrogens is 340 g/mol. The summed E-state index contributed by atoms with van der Waals surface area (Å²) in [5.41, 5.74) is 4.91. The van der Waals surface area contributed by atoms with Gasteiger partial charge in [-0.05, 0) is 6.42 Å². The van der Waals surface area contributed by atoms with Crippen LogP contribution in [0.4, 0.5) is 26.3 Å². The van der Waals surface area contributed by atoms with Crippen molar-refractivity contribution >= 4 is 10.1 Å². The van der Waals surface area contributed by atoms with Crippen molar-refractivity contribution in [3.05, 3.63) is 12.7 Å². The van der Waals surface area contributed by atoms with E-state index in [1.807, 2.05) is 0 Å². The van der Waals surface area contributed by atoms with Crippen LogP contribution in [0.5, 0.6) is 0 Å². The molecule has 0 atom stereocenters. The molecule has 0 radical (unpaired) electrons.